The predicted molar refractivity (Wildman–Crippen MR) is 298 cm³/mol. The third-order valence-corrected chi connectivity index (χ3v) is 17.3. The molecule has 1 spiro atoms. The Morgan fingerprint density at radius 1 is 0.762 bits per heavy atom. The quantitative estimate of drug-likeness (QED) is 0.0305. The van der Waals surface area contributed by atoms with Crippen molar-refractivity contribution in [3.05, 3.63) is 65.7 Å². The molecule has 2 aromatic carbocycles. The second kappa shape index (κ2) is 30.7. The van der Waals surface area contributed by atoms with E-state index in [4.69, 9.17) is 28.7 Å². The van der Waals surface area contributed by atoms with Crippen LogP contribution in [0.3, 0.4) is 0 Å². The number of guanidine groups is 1. The fourth-order valence-electron chi connectivity index (χ4n) is 9.67. The monoisotopic (exact) mass is 1150 g/mol. The molecule has 0 unspecified atom stereocenters. The van der Waals surface area contributed by atoms with Gasteiger partial charge in [0.05, 0.1) is 13.0 Å². The van der Waals surface area contributed by atoms with E-state index in [9.17, 15) is 57.8 Å². The largest absolute Gasteiger partial charge is 0.508 e. The number of likely N-dealkylation sites (tertiary alicyclic amines) is 1. The number of aromatic hydroxyl groups is 1. The maximum absolute atomic E-state index is 15.0. The van der Waals surface area contributed by atoms with E-state index < -0.39 is 138 Å². The van der Waals surface area contributed by atoms with Crippen molar-refractivity contribution in [1.82, 2.24) is 41.7 Å². The Morgan fingerprint density at radius 3 is 2.05 bits per heavy atom. The van der Waals surface area contributed by atoms with Crippen LogP contribution in [0.25, 0.3) is 0 Å². The number of amides is 11. The minimum absolute atomic E-state index is 0.0148. The van der Waals surface area contributed by atoms with E-state index in [0.717, 1.165) is 19.3 Å². The van der Waals surface area contributed by atoms with E-state index in [-0.39, 0.29) is 69.1 Å². The van der Waals surface area contributed by atoms with E-state index >= 15 is 0 Å². The van der Waals surface area contributed by atoms with Crippen LogP contribution in [-0.2, 0) is 65.6 Å². The Hall–Kier alpha value is -7.62. The van der Waals surface area contributed by atoms with E-state index in [1.54, 1.807) is 42.5 Å². The average molecular weight is 1150 g/mol. The van der Waals surface area contributed by atoms with Crippen LogP contribution in [-0.4, -0.2) is 165 Å². The van der Waals surface area contributed by atoms with Crippen LogP contribution in [0, 0.1) is 0 Å². The summed E-state index contributed by atoms with van der Waals surface area (Å²) < 4.78 is -0.758. The molecule has 2 aliphatic heterocycles. The number of carbonyl (C=O) groups excluding carboxylic acids is 11. The number of phenolic OH excluding ortho intramolecular Hbond substituents is 1. The topological polar surface area (TPSA) is 429 Å². The van der Waals surface area contributed by atoms with Crippen molar-refractivity contribution in [1.29, 1.82) is 0 Å². The number of nitrogens with zero attached hydrogens (tertiary/aromatic N) is 3. The second-order valence-corrected chi connectivity index (χ2v) is 23.0. The van der Waals surface area contributed by atoms with Crippen molar-refractivity contribution in [3.8, 4) is 5.75 Å². The third-order valence-electron chi connectivity index (χ3n) is 14.0. The van der Waals surface area contributed by atoms with Gasteiger partial charge in [-0.05, 0) is 68.2 Å². The van der Waals surface area contributed by atoms with Gasteiger partial charge in [0.1, 0.15) is 48.0 Å². The lowest BCUT2D eigenvalue weighted by molar-refractivity contribution is -0.142. The van der Waals surface area contributed by atoms with Crippen molar-refractivity contribution >= 4 is 92.5 Å². The Morgan fingerprint density at radius 2 is 1.40 bits per heavy atom. The van der Waals surface area contributed by atoms with Gasteiger partial charge in [-0.2, -0.15) is 0 Å². The predicted octanol–water partition coefficient (Wildman–Crippen LogP) is -2.30. The number of nitrogens with one attached hydrogen (secondary N) is 6. The molecule has 28 heteroatoms. The zero-order valence-electron chi connectivity index (χ0n) is 44.7. The van der Waals surface area contributed by atoms with E-state index in [1.165, 1.54) is 50.6 Å². The number of hydrogen-bond donors (Lipinski definition) is 12. The van der Waals surface area contributed by atoms with Crippen molar-refractivity contribution in [2.75, 3.05) is 32.4 Å². The summed E-state index contributed by atoms with van der Waals surface area (Å²) in [6, 6.07) is 4.82. The van der Waals surface area contributed by atoms with Crippen molar-refractivity contribution < 1.29 is 57.8 Å². The number of aliphatic imine (C=N–C) groups is 1. The molecular formula is C52H74N14O12S2. The fraction of sp³-hybridized carbons (Fsp3) is 0.538. The van der Waals surface area contributed by atoms with Crippen LogP contribution in [0.5, 0.6) is 5.75 Å². The second-order valence-electron chi connectivity index (χ2n) is 20.2. The number of primary amides is 3. The molecule has 3 aliphatic rings. The van der Waals surface area contributed by atoms with Gasteiger partial charge in [-0.1, -0.05) is 83.3 Å². The van der Waals surface area contributed by atoms with Gasteiger partial charge >= 0.3 is 0 Å². The van der Waals surface area contributed by atoms with Crippen LogP contribution in [0.2, 0.25) is 0 Å². The lowest BCUT2D eigenvalue weighted by Crippen LogP contribution is -2.61. The summed E-state index contributed by atoms with van der Waals surface area (Å²) in [5.41, 5.74) is 28.5. The Kier molecular flexibility index (Phi) is 24.2. The summed E-state index contributed by atoms with van der Waals surface area (Å²) in [7, 11) is 4.00. The van der Waals surface area contributed by atoms with Gasteiger partial charge in [-0.3, -0.25) is 57.7 Å². The van der Waals surface area contributed by atoms with Gasteiger partial charge < -0.3 is 75.5 Å². The first kappa shape index (κ1) is 63.2. The Bertz CT molecular complexity index is 2590. The summed E-state index contributed by atoms with van der Waals surface area (Å²) in [6.45, 7) is -0.394. The SMILES string of the molecule is CN1C(=O)CC2(CCCCC2)SSC[C@H](C(=O)N2CCC[C@H]2C(=O)N[C@@H](CCCN=C(N)N)C(=O)NCC(N)=O)NC(=O)[C@H](CC(N)=O)NC(=O)[C@H](CCC(N)=O)NC(=O)[C@H](Cc2ccccc2)NC(=O)[C@@H]1Cc1ccc(O)cc1. The number of nitrogens with two attached hydrogens (primary N) is 5. The van der Waals surface area contributed by atoms with Crippen molar-refractivity contribution in [2.45, 2.75) is 143 Å². The number of carbonyl (C=O) groups is 11. The number of rotatable bonds is 19. The molecule has 11 amide bonds. The number of phenols is 1. The molecule has 17 N–H and O–H groups in total. The molecule has 436 valence electrons. The summed E-state index contributed by atoms with van der Waals surface area (Å²) >= 11 is 0. The molecule has 26 nitrogen and oxygen atoms in total. The zero-order chi connectivity index (χ0) is 58.5. The first-order chi connectivity index (χ1) is 38.0. The summed E-state index contributed by atoms with van der Waals surface area (Å²) in [4.78, 5) is 158. The first-order valence-electron chi connectivity index (χ1n) is 26.4. The minimum atomic E-state index is -1.78. The highest BCUT2D eigenvalue weighted by Gasteiger charge is 2.43. The lowest BCUT2D eigenvalue weighted by atomic mass is 9.85. The van der Waals surface area contributed by atoms with Crippen LogP contribution in [0.4, 0.5) is 0 Å². The summed E-state index contributed by atoms with van der Waals surface area (Å²) in [6.07, 6.45) is 2.29. The highest BCUT2D eigenvalue weighted by Crippen LogP contribution is 2.49. The molecule has 2 aromatic rings. The normalized spacial score (nSPS) is 22.8. The molecule has 0 radical (unpaired) electrons. The van der Waals surface area contributed by atoms with Crippen molar-refractivity contribution in [3.63, 3.8) is 0 Å². The maximum Gasteiger partial charge on any atom is 0.246 e. The molecule has 2 saturated heterocycles. The smallest absolute Gasteiger partial charge is 0.246 e. The highest BCUT2D eigenvalue weighted by molar-refractivity contribution is 8.77. The first-order valence-corrected chi connectivity index (χ1v) is 28.7. The number of likely N-dealkylation sites (N-methyl/N-ethyl adjacent to an activating group) is 1. The standard InChI is InChI=1S/C52H74N14O12S2/c1-65-39(25-31-14-16-32(67)17-15-31)49(77)63-35(24-30-10-4-2-5-11-30)46(74)60-34(18-19-40(53)68)45(73)62-36(26-41(54)69)47(75)64-37(29-79-80-52(27-43(65)71)20-6-3-7-21-52)50(78)66-23-9-13-38(66)48(76)61-33(12-8-22-58-51(56)57)44(72)59-28-42(55)70/h2,4-5,10-11,14-17,33-39,67H,3,6-9,12-13,18-29H2,1H3,(H2,53,68)(H2,54,69)(H2,55,70)(H,59,72)(H,60,74)(H,61,76)(H,62,73)(H,63,77)(H,64,75)(H4,56,57,58)/t33-,34-,35-,36-,37+,38-,39-/m0/s1. The Labute approximate surface area is 471 Å². The van der Waals surface area contributed by atoms with Gasteiger partial charge in [-0.25, -0.2) is 0 Å². The maximum atomic E-state index is 15.0. The molecule has 3 fully saturated rings. The van der Waals surface area contributed by atoms with Crippen molar-refractivity contribution in [2.24, 2.45) is 33.7 Å². The molecule has 0 aromatic heterocycles. The van der Waals surface area contributed by atoms with E-state index in [2.05, 4.69) is 36.9 Å². The molecule has 1 aliphatic carbocycles. The molecular weight excluding hydrogens is 1080 g/mol. The zero-order valence-corrected chi connectivity index (χ0v) is 46.3. The van der Waals surface area contributed by atoms with Crippen LogP contribution in [0.1, 0.15) is 94.6 Å². The molecule has 7 atom stereocenters. The van der Waals surface area contributed by atoms with Gasteiger partial charge in [0.15, 0.2) is 5.96 Å². The minimum Gasteiger partial charge on any atom is -0.508 e. The molecule has 80 heavy (non-hydrogen) atoms. The highest BCUT2D eigenvalue weighted by atomic mass is 33.1. The van der Waals surface area contributed by atoms with Crippen LogP contribution >= 0.6 is 21.6 Å². The van der Waals surface area contributed by atoms with Crippen LogP contribution < -0.4 is 60.6 Å². The molecule has 0 bridgehead atoms. The summed E-state index contributed by atoms with van der Waals surface area (Å²) in [5, 5.41) is 25.7. The number of benzene rings is 2. The third kappa shape index (κ3) is 19.6. The summed E-state index contributed by atoms with van der Waals surface area (Å²) in [5.74, 6) is -9.51. The van der Waals surface area contributed by atoms with Gasteiger partial charge in [-0.15, -0.1) is 0 Å². The molecule has 5 rings (SSSR count). The van der Waals surface area contributed by atoms with Gasteiger partial charge in [0.25, 0.3) is 0 Å². The van der Waals surface area contributed by atoms with E-state index in [0.29, 0.717) is 30.4 Å². The fourth-order valence-corrected chi connectivity index (χ4v) is 13.0. The van der Waals surface area contributed by atoms with Crippen LogP contribution in [0.15, 0.2) is 59.6 Å². The average Bonchev–Trinajstić information content (AvgIpc) is 3.91. The molecule has 2 heterocycles. The van der Waals surface area contributed by atoms with Gasteiger partial charge in [0, 0.05) is 56.3 Å². The van der Waals surface area contributed by atoms with E-state index in [1.807, 2.05) is 0 Å². The Balaban J connectivity index is 1.55. The van der Waals surface area contributed by atoms with Gasteiger partial charge in [0.2, 0.25) is 65.0 Å². The number of hydrogen-bond acceptors (Lipinski definition) is 15. The lowest BCUT2D eigenvalue weighted by Gasteiger charge is -2.38. The molecule has 1 saturated carbocycles.